The molecule has 0 unspecified atom stereocenters. The van der Waals surface area contributed by atoms with E-state index in [9.17, 15) is 4.79 Å². The van der Waals surface area contributed by atoms with Gasteiger partial charge in [-0.15, -0.1) is 0 Å². The number of carbonyl (C=O) groups excluding carboxylic acids is 1. The van der Waals surface area contributed by atoms with Gasteiger partial charge in [0.05, 0.1) is 4.91 Å². The van der Waals surface area contributed by atoms with Crippen LogP contribution in [0.5, 0.6) is 0 Å². The summed E-state index contributed by atoms with van der Waals surface area (Å²) < 4.78 is 7.62. The van der Waals surface area contributed by atoms with Gasteiger partial charge in [0.2, 0.25) is 0 Å². The molecular weight excluding hydrogens is 306 g/mol. The van der Waals surface area contributed by atoms with Crippen molar-refractivity contribution >= 4 is 40.3 Å². The average Bonchev–Trinajstić information content (AvgIpc) is 3.02. The largest absolute Gasteiger partial charge is 0.360 e. The van der Waals surface area contributed by atoms with Crippen molar-refractivity contribution in [1.29, 1.82) is 0 Å². The summed E-state index contributed by atoms with van der Waals surface area (Å²) in [5, 5.41) is 6.66. The molecule has 0 atom stereocenters. The Morgan fingerprint density at radius 3 is 2.71 bits per heavy atom. The molecule has 7 heteroatoms. The van der Waals surface area contributed by atoms with Gasteiger partial charge >= 0.3 is 0 Å². The van der Waals surface area contributed by atoms with Gasteiger partial charge < -0.3 is 9.84 Å². The van der Waals surface area contributed by atoms with E-state index in [2.05, 4.69) is 10.5 Å². The van der Waals surface area contributed by atoms with Gasteiger partial charge in [0, 0.05) is 17.5 Å². The Hall–Kier alpha value is -1.86. The number of aromatic nitrogens is 2. The first-order chi connectivity index (χ1) is 9.95. The Bertz CT molecular complexity index is 786. The van der Waals surface area contributed by atoms with E-state index in [0.717, 1.165) is 28.5 Å². The number of carbonyl (C=O) groups is 1. The molecule has 0 radical (unpaired) electrons. The summed E-state index contributed by atoms with van der Waals surface area (Å²) in [6, 6.07) is 3.89. The Morgan fingerprint density at radius 1 is 1.38 bits per heavy atom. The number of nitrogens with one attached hydrogen (secondary N) is 1. The lowest BCUT2D eigenvalue weighted by Gasteiger charge is -2.04. The molecule has 2 aromatic rings. The molecule has 0 aromatic carbocycles. The third-order valence-electron chi connectivity index (χ3n) is 3.24. The first-order valence-electron chi connectivity index (χ1n) is 6.33. The average molecular weight is 319 g/mol. The van der Waals surface area contributed by atoms with E-state index in [1.165, 1.54) is 11.8 Å². The van der Waals surface area contributed by atoms with Crippen LogP contribution in [0.15, 0.2) is 21.6 Å². The van der Waals surface area contributed by atoms with Crippen LogP contribution in [0.4, 0.5) is 0 Å². The molecule has 0 bridgehead atoms. The van der Waals surface area contributed by atoms with E-state index < -0.39 is 0 Å². The summed E-state index contributed by atoms with van der Waals surface area (Å²) in [4.78, 5) is 12.4. The molecule has 5 nitrogen and oxygen atoms in total. The van der Waals surface area contributed by atoms with Gasteiger partial charge in [-0.05, 0) is 38.5 Å². The van der Waals surface area contributed by atoms with E-state index in [1.54, 1.807) is 0 Å². The van der Waals surface area contributed by atoms with Crippen LogP contribution < -0.4 is 5.32 Å². The Labute approximate surface area is 131 Å². The fourth-order valence-electron chi connectivity index (χ4n) is 2.31. The van der Waals surface area contributed by atoms with E-state index in [4.69, 9.17) is 16.7 Å². The lowest BCUT2D eigenvalue weighted by molar-refractivity contribution is -0.115. The zero-order valence-electron chi connectivity index (χ0n) is 11.8. The number of thioether (sulfide) groups is 1. The van der Waals surface area contributed by atoms with Crippen LogP contribution in [0.1, 0.15) is 22.7 Å². The van der Waals surface area contributed by atoms with E-state index in [-0.39, 0.29) is 5.91 Å². The standard InChI is InChI=1S/C14H13N3O2S2/c1-7-4-10(6-11-13(18)15-14(20)21-11)9(3)17(7)12-5-8(2)19-16-12/h4-6H,1-3H3,(H,15,18,20). The fraction of sp³-hybridized carbons (Fsp3) is 0.214. The van der Waals surface area contributed by atoms with Gasteiger partial charge in [-0.2, -0.15) is 0 Å². The van der Waals surface area contributed by atoms with Crippen LogP contribution in [0.3, 0.4) is 0 Å². The van der Waals surface area contributed by atoms with Gasteiger partial charge in [0.1, 0.15) is 10.1 Å². The molecule has 2 aromatic heterocycles. The molecule has 21 heavy (non-hydrogen) atoms. The van der Waals surface area contributed by atoms with Crippen molar-refractivity contribution in [3.8, 4) is 5.82 Å². The van der Waals surface area contributed by atoms with Gasteiger partial charge in [-0.3, -0.25) is 9.36 Å². The molecule has 0 aliphatic carbocycles. The van der Waals surface area contributed by atoms with Crippen LogP contribution in [-0.4, -0.2) is 20.0 Å². The lowest BCUT2D eigenvalue weighted by Crippen LogP contribution is -2.17. The Balaban J connectivity index is 2.04. The highest BCUT2D eigenvalue weighted by atomic mass is 32.2. The molecule has 1 aliphatic heterocycles. The van der Waals surface area contributed by atoms with E-state index in [1.807, 2.05) is 43.5 Å². The molecule has 1 saturated heterocycles. The minimum Gasteiger partial charge on any atom is -0.360 e. The maximum atomic E-state index is 11.7. The second-order valence-electron chi connectivity index (χ2n) is 4.81. The second-order valence-corrected chi connectivity index (χ2v) is 6.53. The van der Waals surface area contributed by atoms with Crippen molar-refractivity contribution in [2.24, 2.45) is 0 Å². The van der Waals surface area contributed by atoms with Crippen molar-refractivity contribution in [3.05, 3.63) is 39.7 Å². The highest BCUT2D eigenvalue weighted by molar-refractivity contribution is 8.26. The monoisotopic (exact) mass is 319 g/mol. The van der Waals surface area contributed by atoms with Crippen LogP contribution >= 0.6 is 24.0 Å². The number of amides is 1. The van der Waals surface area contributed by atoms with Gasteiger partial charge in [0.25, 0.3) is 5.91 Å². The summed E-state index contributed by atoms with van der Waals surface area (Å²) in [6.07, 6.45) is 1.85. The topological polar surface area (TPSA) is 60.1 Å². The summed E-state index contributed by atoms with van der Waals surface area (Å²) >= 11 is 6.28. The summed E-state index contributed by atoms with van der Waals surface area (Å²) in [5.74, 6) is 1.35. The summed E-state index contributed by atoms with van der Waals surface area (Å²) in [7, 11) is 0. The molecule has 108 valence electrons. The molecular formula is C14H13N3O2S2. The Kier molecular flexibility index (Phi) is 3.46. The van der Waals surface area contributed by atoms with E-state index in [0.29, 0.717) is 9.23 Å². The van der Waals surface area contributed by atoms with Gasteiger partial charge in [0.15, 0.2) is 5.82 Å². The molecule has 3 heterocycles. The fourth-order valence-corrected chi connectivity index (χ4v) is 3.34. The zero-order chi connectivity index (χ0) is 15.1. The molecule has 0 saturated carbocycles. The third kappa shape index (κ3) is 2.54. The highest BCUT2D eigenvalue weighted by Gasteiger charge is 2.23. The predicted molar refractivity (Wildman–Crippen MR) is 86.3 cm³/mol. The molecule has 1 N–H and O–H groups in total. The summed E-state index contributed by atoms with van der Waals surface area (Å²) in [6.45, 7) is 5.83. The number of thiocarbonyl (C=S) groups is 1. The number of hydrogen-bond acceptors (Lipinski definition) is 5. The molecule has 3 rings (SSSR count). The number of hydrogen-bond donors (Lipinski definition) is 1. The van der Waals surface area contributed by atoms with Crippen molar-refractivity contribution in [2.75, 3.05) is 0 Å². The normalized spacial score (nSPS) is 16.8. The van der Waals surface area contributed by atoms with Crippen molar-refractivity contribution in [1.82, 2.24) is 15.0 Å². The van der Waals surface area contributed by atoms with Gasteiger partial charge in [-0.25, -0.2) is 0 Å². The quantitative estimate of drug-likeness (QED) is 0.681. The molecule has 1 aliphatic rings. The first kappa shape index (κ1) is 14.1. The number of rotatable bonds is 2. The smallest absolute Gasteiger partial charge is 0.263 e. The third-order valence-corrected chi connectivity index (χ3v) is 4.41. The van der Waals surface area contributed by atoms with Gasteiger partial charge in [-0.1, -0.05) is 29.1 Å². The Morgan fingerprint density at radius 2 is 2.14 bits per heavy atom. The minimum absolute atomic E-state index is 0.146. The molecule has 0 spiro atoms. The van der Waals surface area contributed by atoms with Crippen LogP contribution in [0.2, 0.25) is 0 Å². The van der Waals surface area contributed by atoms with E-state index >= 15 is 0 Å². The number of aryl methyl sites for hydroxylation is 2. The first-order valence-corrected chi connectivity index (χ1v) is 7.55. The van der Waals surface area contributed by atoms with Crippen molar-refractivity contribution in [3.63, 3.8) is 0 Å². The highest BCUT2D eigenvalue weighted by Crippen LogP contribution is 2.29. The molecule has 1 fully saturated rings. The minimum atomic E-state index is -0.146. The maximum Gasteiger partial charge on any atom is 0.263 e. The van der Waals surface area contributed by atoms with Crippen molar-refractivity contribution < 1.29 is 9.32 Å². The molecule has 1 amide bonds. The summed E-state index contributed by atoms with van der Waals surface area (Å²) in [5.41, 5.74) is 2.99. The number of nitrogens with zero attached hydrogens (tertiary/aromatic N) is 2. The van der Waals surface area contributed by atoms with Crippen LogP contribution in [-0.2, 0) is 4.79 Å². The zero-order valence-corrected chi connectivity index (χ0v) is 13.4. The lowest BCUT2D eigenvalue weighted by atomic mass is 10.2. The van der Waals surface area contributed by atoms with Crippen LogP contribution in [0.25, 0.3) is 11.9 Å². The van der Waals surface area contributed by atoms with Crippen molar-refractivity contribution in [2.45, 2.75) is 20.8 Å². The predicted octanol–water partition coefficient (Wildman–Crippen LogP) is 2.88. The SMILES string of the molecule is Cc1cc(-n2c(C)cc(C=C3SC(=S)NC3=O)c2C)no1. The second kappa shape index (κ2) is 5.16. The van der Waals surface area contributed by atoms with Crippen LogP contribution in [0, 0.1) is 20.8 Å². The maximum absolute atomic E-state index is 11.7.